The highest BCUT2D eigenvalue weighted by molar-refractivity contribution is 5.95. The topological polar surface area (TPSA) is 92.4 Å². The molecule has 0 aromatic heterocycles. The number of carbonyl (C=O) groups is 2. The molecule has 18 heavy (non-hydrogen) atoms. The molecular formula is C12H13FN2O3. The summed E-state index contributed by atoms with van der Waals surface area (Å²) >= 11 is 0. The van der Waals surface area contributed by atoms with Crippen LogP contribution < -0.4 is 11.1 Å². The van der Waals surface area contributed by atoms with Gasteiger partial charge in [0.15, 0.2) is 0 Å². The van der Waals surface area contributed by atoms with Gasteiger partial charge in [0.05, 0.1) is 11.1 Å². The highest BCUT2D eigenvalue weighted by Crippen LogP contribution is 2.45. The van der Waals surface area contributed by atoms with Crippen molar-refractivity contribution in [3.63, 3.8) is 0 Å². The number of benzene rings is 1. The monoisotopic (exact) mass is 252 g/mol. The maximum Gasteiger partial charge on any atom is 0.311 e. The minimum absolute atomic E-state index is 0.0317. The molecule has 0 bridgehead atoms. The van der Waals surface area contributed by atoms with Crippen molar-refractivity contribution in [1.82, 2.24) is 5.32 Å². The van der Waals surface area contributed by atoms with Crippen LogP contribution in [0.2, 0.25) is 0 Å². The Bertz CT molecular complexity index is 512. The lowest BCUT2D eigenvalue weighted by molar-refractivity contribution is -0.143. The number of nitrogen functional groups attached to an aromatic ring is 1. The van der Waals surface area contributed by atoms with Crippen LogP contribution in [0.15, 0.2) is 18.2 Å². The predicted octanol–water partition coefficient (Wildman–Crippen LogP) is 1.00. The lowest BCUT2D eigenvalue weighted by Crippen LogP contribution is -2.34. The molecule has 96 valence electrons. The standard InChI is InChI=1S/C12H13FN2O3/c13-8-5-7(1-2-9(8)14)10(16)15-6-12(3-4-12)11(17)18/h1-2,5H,3-4,6,14H2,(H,15,16)(H,17,18). The molecule has 0 unspecified atom stereocenters. The third-order valence-electron chi connectivity index (χ3n) is 3.16. The van der Waals surface area contributed by atoms with E-state index in [0.29, 0.717) is 12.8 Å². The number of carboxylic acid groups (broad SMARTS) is 1. The molecule has 0 radical (unpaired) electrons. The largest absolute Gasteiger partial charge is 0.481 e. The summed E-state index contributed by atoms with van der Waals surface area (Å²) in [5.74, 6) is -2.07. The summed E-state index contributed by atoms with van der Waals surface area (Å²) in [7, 11) is 0. The van der Waals surface area contributed by atoms with Crippen LogP contribution in [0.25, 0.3) is 0 Å². The van der Waals surface area contributed by atoms with Gasteiger partial charge in [0.1, 0.15) is 5.82 Å². The van der Waals surface area contributed by atoms with Crippen LogP contribution in [0.3, 0.4) is 0 Å². The highest BCUT2D eigenvalue weighted by atomic mass is 19.1. The lowest BCUT2D eigenvalue weighted by Gasteiger charge is -2.11. The number of anilines is 1. The molecule has 5 nitrogen and oxygen atoms in total. The van der Waals surface area contributed by atoms with Gasteiger partial charge in [-0.05, 0) is 31.0 Å². The smallest absolute Gasteiger partial charge is 0.311 e. The first-order chi connectivity index (χ1) is 8.44. The van der Waals surface area contributed by atoms with Gasteiger partial charge >= 0.3 is 5.97 Å². The van der Waals surface area contributed by atoms with E-state index < -0.39 is 23.1 Å². The van der Waals surface area contributed by atoms with Crippen molar-refractivity contribution in [3.05, 3.63) is 29.6 Å². The minimum Gasteiger partial charge on any atom is -0.481 e. The van der Waals surface area contributed by atoms with Crippen LogP contribution in [0.5, 0.6) is 0 Å². The molecule has 1 aromatic carbocycles. The van der Waals surface area contributed by atoms with Crippen LogP contribution in [-0.4, -0.2) is 23.5 Å². The Hall–Kier alpha value is -2.11. The van der Waals surface area contributed by atoms with Gasteiger partial charge < -0.3 is 16.2 Å². The molecule has 2 rings (SSSR count). The first-order valence-electron chi connectivity index (χ1n) is 5.51. The number of halogens is 1. The summed E-state index contributed by atoms with van der Waals surface area (Å²) < 4.78 is 13.2. The first kappa shape index (κ1) is 12.3. The Kier molecular flexibility index (Phi) is 2.94. The highest BCUT2D eigenvalue weighted by Gasteiger charge is 2.50. The molecule has 0 aliphatic heterocycles. The number of hydrogen-bond acceptors (Lipinski definition) is 3. The van der Waals surface area contributed by atoms with Crippen molar-refractivity contribution < 1.29 is 19.1 Å². The van der Waals surface area contributed by atoms with E-state index in [0.717, 1.165) is 6.07 Å². The molecule has 1 amide bonds. The van der Waals surface area contributed by atoms with Crippen LogP contribution >= 0.6 is 0 Å². The molecule has 0 saturated heterocycles. The fraction of sp³-hybridized carbons (Fsp3) is 0.333. The number of carbonyl (C=O) groups excluding carboxylic acids is 1. The SMILES string of the molecule is Nc1ccc(C(=O)NCC2(C(=O)O)CC2)cc1F. The number of carboxylic acids is 1. The predicted molar refractivity (Wildman–Crippen MR) is 62.4 cm³/mol. The fourth-order valence-corrected chi connectivity index (χ4v) is 1.64. The van der Waals surface area contributed by atoms with Gasteiger partial charge in [-0.1, -0.05) is 0 Å². The van der Waals surface area contributed by atoms with E-state index >= 15 is 0 Å². The Balaban J connectivity index is 2.00. The molecule has 1 saturated carbocycles. The molecule has 6 heteroatoms. The zero-order chi connectivity index (χ0) is 13.3. The average Bonchev–Trinajstić information content (AvgIpc) is 3.11. The van der Waals surface area contributed by atoms with E-state index in [4.69, 9.17) is 10.8 Å². The molecule has 0 spiro atoms. The maximum atomic E-state index is 13.2. The van der Waals surface area contributed by atoms with Gasteiger partial charge in [-0.15, -0.1) is 0 Å². The molecule has 1 aromatic rings. The molecule has 4 N–H and O–H groups in total. The number of amides is 1. The van der Waals surface area contributed by atoms with Gasteiger partial charge in [0.2, 0.25) is 0 Å². The van der Waals surface area contributed by atoms with Crippen molar-refractivity contribution in [2.45, 2.75) is 12.8 Å². The Morgan fingerprint density at radius 1 is 1.44 bits per heavy atom. The van der Waals surface area contributed by atoms with Crippen LogP contribution in [0.1, 0.15) is 23.2 Å². The van der Waals surface area contributed by atoms with Crippen LogP contribution in [-0.2, 0) is 4.79 Å². The van der Waals surface area contributed by atoms with Crippen molar-refractivity contribution in [2.75, 3.05) is 12.3 Å². The summed E-state index contributed by atoms with van der Waals surface area (Å²) in [4.78, 5) is 22.6. The molecule has 0 heterocycles. The van der Waals surface area contributed by atoms with Crippen molar-refractivity contribution in [1.29, 1.82) is 0 Å². The number of hydrogen-bond donors (Lipinski definition) is 3. The molecule has 1 aliphatic rings. The molecule has 0 atom stereocenters. The van der Waals surface area contributed by atoms with Crippen molar-refractivity contribution >= 4 is 17.6 Å². The van der Waals surface area contributed by atoms with Gasteiger partial charge in [-0.3, -0.25) is 9.59 Å². The molecule has 1 fully saturated rings. The lowest BCUT2D eigenvalue weighted by atomic mass is 10.1. The van der Waals surface area contributed by atoms with Gasteiger partial charge in [-0.25, -0.2) is 4.39 Å². The molecule has 1 aliphatic carbocycles. The molecular weight excluding hydrogens is 239 g/mol. The van der Waals surface area contributed by atoms with Gasteiger partial charge in [-0.2, -0.15) is 0 Å². The number of rotatable bonds is 4. The second kappa shape index (κ2) is 4.29. The van der Waals surface area contributed by atoms with E-state index in [1.807, 2.05) is 0 Å². The van der Waals surface area contributed by atoms with Crippen molar-refractivity contribution in [3.8, 4) is 0 Å². The van der Waals surface area contributed by atoms with Crippen molar-refractivity contribution in [2.24, 2.45) is 5.41 Å². The maximum absolute atomic E-state index is 13.2. The zero-order valence-electron chi connectivity index (χ0n) is 9.57. The number of aliphatic carboxylic acids is 1. The summed E-state index contributed by atoms with van der Waals surface area (Å²) in [5, 5.41) is 11.4. The zero-order valence-corrected chi connectivity index (χ0v) is 9.57. The number of nitrogens with two attached hydrogens (primary N) is 1. The van der Waals surface area contributed by atoms with E-state index in [2.05, 4.69) is 5.32 Å². The number of nitrogens with one attached hydrogen (secondary N) is 1. The van der Waals surface area contributed by atoms with Crippen LogP contribution in [0, 0.1) is 11.2 Å². The van der Waals surface area contributed by atoms with Gasteiger partial charge in [0.25, 0.3) is 5.91 Å². The third kappa shape index (κ3) is 2.27. The second-order valence-corrected chi connectivity index (χ2v) is 4.50. The van der Waals surface area contributed by atoms with Gasteiger partial charge in [0, 0.05) is 12.1 Å². The first-order valence-corrected chi connectivity index (χ1v) is 5.51. The van der Waals surface area contributed by atoms with Crippen LogP contribution in [0.4, 0.5) is 10.1 Å². The average molecular weight is 252 g/mol. The summed E-state index contributed by atoms with van der Waals surface area (Å²) in [6.45, 7) is 0.0627. The Labute approximate surface area is 103 Å². The minimum atomic E-state index is -0.911. The van der Waals surface area contributed by atoms with E-state index in [1.165, 1.54) is 12.1 Å². The van der Waals surface area contributed by atoms with E-state index in [-0.39, 0.29) is 17.8 Å². The summed E-state index contributed by atoms with van der Waals surface area (Å²) in [6, 6.07) is 3.73. The van der Waals surface area contributed by atoms with E-state index in [1.54, 1.807) is 0 Å². The summed E-state index contributed by atoms with van der Waals surface area (Å²) in [6.07, 6.45) is 1.11. The van der Waals surface area contributed by atoms with E-state index in [9.17, 15) is 14.0 Å². The Morgan fingerprint density at radius 3 is 2.61 bits per heavy atom. The Morgan fingerprint density at radius 2 is 2.11 bits per heavy atom. The quantitative estimate of drug-likeness (QED) is 0.697. The summed E-state index contributed by atoms with van der Waals surface area (Å²) in [5.41, 5.74) is 4.56. The second-order valence-electron chi connectivity index (χ2n) is 4.50. The fourth-order valence-electron chi connectivity index (χ4n) is 1.64. The third-order valence-corrected chi connectivity index (χ3v) is 3.16. The normalized spacial score (nSPS) is 16.1.